The largest absolute Gasteiger partial charge is 0.392 e. The van der Waals surface area contributed by atoms with Crippen molar-refractivity contribution in [1.29, 1.82) is 0 Å². The van der Waals surface area contributed by atoms with Crippen LogP contribution in [0.4, 0.5) is 4.39 Å². The number of allylic oxidation sites excluding steroid dienone is 1. The van der Waals surface area contributed by atoms with Gasteiger partial charge in [-0.2, -0.15) is 0 Å². The minimum Gasteiger partial charge on any atom is -0.392 e. The molecule has 0 aliphatic rings. The highest BCUT2D eigenvalue weighted by molar-refractivity contribution is 5.76. The molecular formula is C24H32FNO. The van der Waals surface area contributed by atoms with Crippen molar-refractivity contribution < 1.29 is 9.50 Å². The molecule has 1 aromatic heterocycles. The molecule has 0 atom stereocenters. The van der Waals surface area contributed by atoms with Crippen molar-refractivity contribution >= 4 is 6.08 Å². The molecule has 0 saturated carbocycles. The van der Waals surface area contributed by atoms with Crippen molar-refractivity contribution in [2.45, 2.75) is 72.8 Å². The lowest BCUT2D eigenvalue weighted by Gasteiger charge is -2.22. The van der Waals surface area contributed by atoms with Crippen molar-refractivity contribution in [1.82, 2.24) is 4.98 Å². The Balaban J connectivity index is 2.81. The van der Waals surface area contributed by atoms with Gasteiger partial charge in [0.2, 0.25) is 0 Å². The molecule has 3 heteroatoms. The van der Waals surface area contributed by atoms with Gasteiger partial charge in [-0.3, -0.25) is 4.98 Å². The van der Waals surface area contributed by atoms with E-state index in [1.165, 1.54) is 17.7 Å². The number of aliphatic hydroxyl groups excluding tert-OH is 1. The predicted molar refractivity (Wildman–Crippen MR) is 112 cm³/mol. The van der Waals surface area contributed by atoms with Crippen LogP contribution < -0.4 is 0 Å². The number of unbranched alkanes of at least 4 members (excludes halogenated alkanes) is 2. The van der Waals surface area contributed by atoms with E-state index in [1.54, 1.807) is 0 Å². The van der Waals surface area contributed by atoms with Crippen LogP contribution in [0.3, 0.4) is 0 Å². The standard InChI is InChI=1S/C24H32FNO/c1-6-7-8-9-20-22(14-16(2)3)26-24(17(4)5)21(15-27)23(20)18-10-12-19(25)13-11-18/h10-14,17,27H,6-9,15H2,1-5H3. The second-order valence-corrected chi connectivity index (χ2v) is 7.71. The van der Waals surface area contributed by atoms with Crippen LogP contribution in [0.15, 0.2) is 29.8 Å². The molecule has 0 aliphatic carbocycles. The van der Waals surface area contributed by atoms with E-state index in [4.69, 9.17) is 4.98 Å². The number of hydrogen-bond donors (Lipinski definition) is 1. The molecule has 0 amide bonds. The quantitative estimate of drug-likeness (QED) is 0.528. The molecule has 0 saturated heterocycles. The smallest absolute Gasteiger partial charge is 0.123 e. The first-order valence-corrected chi connectivity index (χ1v) is 9.96. The van der Waals surface area contributed by atoms with Crippen LogP contribution in [0.1, 0.15) is 82.3 Å². The molecule has 0 aliphatic heterocycles. The van der Waals surface area contributed by atoms with Crippen molar-refractivity contribution in [2.75, 3.05) is 0 Å². The monoisotopic (exact) mass is 369 g/mol. The van der Waals surface area contributed by atoms with Gasteiger partial charge in [0.1, 0.15) is 5.82 Å². The fourth-order valence-corrected chi connectivity index (χ4v) is 3.50. The maximum absolute atomic E-state index is 13.5. The molecule has 27 heavy (non-hydrogen) atoms. The summed E-state index contributed by atoms with van der Waals surface area (Å²) < 4.78 is 13.5. The van der Waals surface area contributed by atoms with E-state index in [9.17, 15) is 9.50 Å². The summed E-state index contributed by atoms with van der Waals surface area (Å²) in [6.07, 6.45) is 6.40. The molecule has 0 fully saturated rings. The van der Waals surface area contributed by atoms with Crippen LogP contribution in [-0.2, 0) is 13.0 Å². The fourth-order valence-electron chi connectivity index (χ4n) is 3.50. The van der Waals surface area contributed by atoms with Crippen LogP contribution in [0.2, 0.25) is 0 Å². The first-order valence-electron chi connectivity index (χ1n) is 9.96. The lowest BCUT2D eigenvalue weighted by molar-refractivity contribution is 0.280. The zero-order valence-electron chi connectivity index (χ0n) is 17.3. The molecule has 0 radical (unpaired) electrons. The van der Waals surface area contributed by atoms with E-state index >= 15 is 0 Å². The van der Waals surface area contributed by atoms with Crippen LogP contribution in [0.5, 0.6) is 0 Å². The first kappa shape index (κ1) is 21.3. The number of nitrogens with zero attached hydrogens (tertiary/aromatic N) is 1. The number of aliphatic hydroxyl groups is 1. The van der Waals surface area contributed by atoms with E-state index in [-0.39, 0.29) is 18.3 Å². The summed E-state index contributed by atoms with van der Waals surface area (Å²) in [5.74, 6) is -0.0557. The Morgan fingerprint density at radius 2 is 1.78 bits per heavy atom. The SMILES string of the molecule is CCCCCc1c(C=C(C)C)nc(C(C)C)c(CO)c1-c1ccc(F)cc1. The predicted octanol–water partition coefficient (Wildman–Crippen LogP) is 6.66. The third kappa shape index (κ3) is 5.26. The zero-order chi connectivity index (χ0) is 20.0. The molecule has 2 rings (SSSR count). The number of pyridine rings is 1. The number of rotatable bonds is 8. The lowest BCUT2D eigenvalue weighted by atomic mass is 9.87. The third-order valence-corrected chi connectivity index (χ3v) is 4.76. The van der Waals surface area contributed by atoms with Crippen molar-refractivity contribution in [3.05, 3.63) is 58.2 Å². The molecule has 2 nitrogen and oxygen atoms in total. The lowest BCUT2D eigenvalue weighted by Crippen LogP contribution is -2.10. The summed E-state index contributed by atoms with van der Waals surface area (Å²) in [6, 6.07) is 6.60. The normalized spacial score (nSPS) is 11.1. The van der Waals surface area contributed by atoms with Gasteiger partial charge in [-0.1, -0.05) is 51.3 Å². The van der Waals surface area contributed by atoms with E-state index in [2.05, 4.69) is 40.7 Å². The average molecular weight is 370 g/mol. The minimum atomic E-state index is -0.250. The van der Waals surface area contributed by atoms with Crippen molar-refractivity contribution in [3.8, 4) is 11.1 Å². The van der Waals surface area contributed by atoms with Crippen LogP contribution >= 0.6 is 0 Å². The maximum Gasteiger partial charge on any atom is 0.123 e. The van der Waals surface area contributed by atoms with Gasteiger partial charge in [0, 0.05) is 11.3 Å². The summed E-state index contributed by atoms with van der Waals surface area (Å²) in [5, 5.41) is 10.2. The van der Waals surface area contributed by atoms with E-state index in [1.807, 2.05) is 12.1 Å². The Labute approximate surface area is 163 Å². The van der Waals surface area contributed by atoms with E-state index in [0.29, 0.717) is 0 Å². The molecule has 1 heterocycles. The van der Waals surface area contributed by atoms with Crippen molar-refractivity contribution in [2.24, 2.45) is 0 Å². The summed E-state index contributed by atoms with van der Waals surface area (Å²) >= 11 is 0. The summed E-state index contributed by atoms with van der Waals surface area (Å²) in [6.45, 7) is 10.5. The highest BCUT2D eigenvalue weighted by atomic mass is 19.1. The topological polar surface area (TPSA) is 33.1 Å². The Kier molecular flexibility index (Phi) is 7.73. The first-order chi connectivity index (χ1) is 12.9. The average Bonchev–Trinajstić information content (AvgIpc) is 2.62. The number of halogens is 1. The molecule has 1 aromatic carbocycles. The Bertz CT molecular complexity index is 787. The fraction of sp³-hybridized carbons (Fsp3) is 0.458. The van der Waals surface area contributed by atoms with E-state index < -0.39 is 0 Å². The molecule has 0 spiro atoms. The van der Waals surface area contributed by atoms with Gasteiger partial charge < -0.3 is 5.11 Å². The maximum atomic E-state index is 13.5. The van der Waals surface area contributed by atoms with Crippen LogP contribution in [0, 0.1) is 5.82 Å². The zero-order valence-corrected chi connectivity index (χ0v) is 17.3. The third-order valence-electron chi connectivity index (χ3n) is 4.76. The van der Waals surface area contributed by atoms with Gasteiger partial charge in [-0.15, -0.1) is 0 Å². The molecule has 0 unspecified atom stereocenters. The second-order valence-electron chi connectivity index (χ2n) is 7.71. The Hall–Kier alpha value is -2.00. The van der Waals surface area contributed by atoms with E-state index in [0.717, 1.165) is 59.3 Å². The molecule has 2 aromatic rings. The van der Waals surface area contributed by atoms with Gasteiger partial charge in [0.15, 0.2) is 0 Å². The number of hydrogen-bond acceptors (Lipinski definition) is 2. The summed E-state index contributed by atoms with van der Waals surface area (Å²) in [5.41, 5.74) is 7.09. The highest BCUT2D eigenvalue weighted by Gasteiger charge is 2.21. The van der Waals surface area contributed by atoms with Crippen LogP contribution in [-0.4, -0.2) is 10.1 Å². The molecule has 146 valence electrons. The highest BCUT2D eigenvalue weighted by Crippen LogP contribution is 2.36. The summed E-state index contributed by atoms with van der Waals surface area (Å²) in [7, 11) is 0. The van der Waals surface area contributed by atoms with Gasteiger partial charge in [0.05, 0.1) is 12.3 Å². The molecular weight excluding hydrogens is 337 g/mol. The van der Waals surface area contributed by atoms with Crippen LogP contribution in [0.25, 0.3) is 17.2 Å². The molecule has 0 bridgehead atoms. The Morgan fingerprint density at radius 3 is 2.30 bits per heavy atom. The second kappa shape index (κ2) is 9.80. The minimum absolute atomic E-state index is 0.0664. The van der Waals surface area contributed by atoms with Gasteiger partial charge in [0.25, 0.3) is 0 Å². The van der Waals surface area contributed by atoms with Gasteiger partial charge >= 0.3 is 0 Å². The van der Waals surface area contributed by atoms with Gasteiger partial charge in [-0.05, 0) is 67.5 Å². The van der Waals surface area contributed by atoms with Crippen molar-refractivity contribution in [3.63, 3.8) is 0 Å². The molecule has 1 N–H and O–H groups in total. The summed E-state index contributed by atoms with van der Waals surface area (Å²) in [4.78, 5) is 4.96. The number of aromatic nitrogens is 1. The van der Waals surface area contributed by atoms with Gasteiger partial charge in [-0.25, -0.2) is 4.39 Å². The number of benzene rings is 1. The Morgan fingerprint density at radius 1 is 1.11 bits per heavy atom.